The van der Waals surface area contributed by atoms with Crippen molar-refractivity contribution < 1.29 is 0 Å². The third kappa shape index (κ3) is 5.28. The molecule has 5 aromatic carbocycles. The molecule has 0 radical (unpaired) electrons. The fraction of sp³-hybridized carbons (Fsp3) is 0.0625. The Labute approximate surface area is 307 Å². The van der Waals surface area contributed by atoms with Crippen LogP contribution in [0.5, 0.6) is 0 Å². The normalized spacial score (nSPS) is 12.9. The number of rotatable bonds is 5. The van der Waals surface area contributed by atoms with Gasteiger partial charge in [0.15, 0.2) is 0 Å². The van der Waals surface area contributed by atoms with Gasteiger partial charge in [-0.3, -0.25) is 4.98 Å². The Morgan fingerprint density at radius 3 is 1.57 bits per heavy atom. The molecule has 5 nitrogen and oxygen atoms in total. The van der Waals surface area contributed by atoms with Crippen LogP contribution >= 0.6 is 0 Å². The second kappa shape index (κ2) is 12.1. The van der Waals surface area contributed by atoms with E-state index in [-0.39, 0.29) is 5.41 Å². The number of benzene rings is 5. The number of hydrogen-bond acceptors (Lipinski definition) is 5. The zero-order chi connectivity index (χ0) is 35.5. The van der Waals surface area contributed by atoms with E-state index in [1.165, 1.54) is 33.4 Å². The van der Waals surface area contributed by atoms with Gasteiger partial charge in [-0.25, -0.2) is 9.97 Å². The van der Waals surface area contributed by atoms with Crippen LogP contribution in [0.25, 0.3) is 89.1 Å². The van der Waals surface area contributed by atoms with Gasteiger partial charge in [-0.2, -0.15) is 0 Å². The second-order valence-corrected chi connectivity index (χ2v) is 14.2. The Morgan fingerprint density at radius 1 is 0.377 bits per heavy atom. The highest BCUT2D eigenvalue weighted by Crippen LogP contribution is 2.49. The molecule has 1 aliphatic rings. The van der Waals surface area contributed by atoms with E-state index in [4.69, 9.17) is 9.97 Å². The summed E-state index contributed by atoms with van der Waals surface area (Å²) in [6, 6.07) is 53.4. The molecule has 0 unspecified atom stereocenters. The molecule has 0 fully saturated rings. The highest BCUT2D eigenvalue weighted by atomic mass is 15.1. The average Bonchev–Trinajstić information content (AvgIpc) is 3.46. The van der Waals surface area contributed by atoms with Crippen LogP contribution in [0, 0.1) is 0 Å². The van der Waals surface area contributed by atoms with Gasteiger partial charge in [0.2, 0.25) is 0 Å². The van der Waals surface area contributed by atoms with Crippen molar-refractivity contribution in [2.24, 2.45) is 0 Å². The van der Waals surface area contributed by atoms with E-state index in [1.807, 2.05) is 24.3 Å². The maximum Gasteiger partial charge on any atom is 0.0972 e. The van der Waals surface area contributed by atoms with Gasteiger partial charge in [-0.1, -0.05) is 117 Å². The minimum atomic E-state index is -0.0451. The number of nitrogens with zero attached hydrogens (tertiary/aromatic N) is 5. The van der Waals surface area contributed by atoms with Gasteiger partial charge in [0.25, 0.3) is 0 Å². The first kappa shape index (κ1) is 30.9. The van der Waals surface area contributed by atoms with Crippen LogP contribution in [-0.4, -0.2) is 25.1 Å². The highest BCUT2D eigenvalue weighted by molar-refractivity contribution is 6.04. The van der Waals surface area contributed by atoms with E-state index in [0.29, 0.717) is 0 Å². The monoisotopic (exact) mass is 679 g/mol. The molecular formula is C48H33N5. The van der Waals surface area contributed by atoms with Crippen molar-refractivity contribution in [3.63, 3.8) is 0 Å². The second-order valence-electron chi connectivity index (χ2n) is 14.2. The molecule has 0 aliphatic heterocycles. The molecule has 0 spiro atoms. The fourth-order valence-electron chi connectivity index (χ4n) is 7.81. The van der Waals surface area contributed by atoms with Gasteiger partial charge in [0.1, 0.15) is 0 Å². The van der Waals surface area contributed by atoms with Gasteiger partial charge in [0.05, 0.1) is 33.8 Å². The Balaban J connectivity index is 0.970. The van der Waals surface area contributed by atoms with Gasteiger partial charge >= 0.3 is 0 Å². The first-order valence-corrected chi connectivity index (χ1v) is 17.9. The van der Waals surface area contributed by atoms with E-state index in [1.54, 1.807) is 12.4 Å². The molecule has 0 saturated carbocycles. The van der Waals surface area contributed by atoms with E-state index < -0.39 is 0 Å². The van der Waals surface area contributed by atoms with E-state index >= 15 is 0 Å². The van der Waals surface area contributed by atoms with Crippen molar-refractivity contribution in [1.82, 2.24) is 25.1 Å². The van der Waals surface area contributed by atoms with Crippen molar-refractivity contribution in [3.05, 3.63) is 175 Å². The molecule has 250 valence electrons. The molecule has 10 rings (SSSR count). The van der Waals surface area contributed by atoms with Gasteiger partial charge < -0.3 is 0 Å². The van der Waals surface area contributed by atoms with Crippen molar-refractivity contribution >= 4 is 21.8 Å². The van der Waals surface area contributed by atoms with E-state index in [0.717, 1.165) is 66.8 Å². The fourth-order valence-corrected chi connectivity index (χ4v) is 7.81. The molecule has 1 aliphatic carbocycles. The molecule has 9 aromatic rings. The van der Waals surface area contributed by atoms with Gasteiger partial charge in [-0.15, -0.1) is 10.2 Å². The highest BCUT2D eigenvalue weighted by Gasteiger charge is 2.35. The van der Waals surface area contributed by atoms with Gasteiger partial charge in [0, 0.05) is 50.8 Å². The molecule has 0 N–H and O–H groups in total. The summed E-state index contributed by atoms with van der Waals surface area (Å²) in [7, 11) is 0. The minimum Gasteiger partial charge on any atom is -0.265 e. The minimum absolute atomic E-state index is 0.0451. The van der Waals surface area contributed by atoms with E-state index in [9.17, 15) is 0 Å². The van der Waals surface area contributed by atoms with Crippen LogP contribution in [0.3, 0.4) is 0 Å². The van der Waals surface area contributed by atoms with Crippen LogP contribution in [0.1, 0.15) is 25.0 Å². The first-order chi connectivity index (χ1) is 26.0. The largest absolute Gasteiger partial charge is 0.265 e. The third-order valence-electron chi connectivity index (χ3n) is 10.7. The maximum atomic E-state index is 5.25. The summed E-state index contributed by atoms with van der Waals surface area (Å²) in [4.78, 5) is 14.5. The summed E-state index contributed by atoms with van der Waals surface area (Å²) in [5.74, 6) is 0. The summed E-state index contributed by atoms with van der Waals surface area (Å²) < 4.78 is 0. The predicted octanol–water partition coefficient (Wildman–Crippen LogP) is 11.6. The summed E-state index contributed by atoms with van der Waals surface area (Å²) in [6.45, 7) is 4.66. The Kier molecular flexibility index (Phi) is 7.08. The zero-order valence-electron chi connectivity index (χ0n) is 29.3. The number of pyridine rings is 3. The first-order valence-electron chi connectivity index (χ1n) is 17.9. The summed E-state index contributed by atoms with van der Waals surface area (Å²) in [5, 5.41) is 11.1. The molecule has 5 heteroatoms. The van der Waals surface area contributed by atoms with Crippen LogP contribution < -0.4 is 0 Å². The van der Waals surface area contributed by atoms with Crippen molar-refractivity contribution in [2.45, 2.75) is 19.3 Å². The Bertz CT molecular complexity index is 2840. The molecule has 53 heavy (non-hydrogen) atoms. The van der Waals surface area contributed by atoms with Gasteiger partial charge in [-0.05, 0) is 81.9 Å². The SMILES string of the molecule is CC1(C)c2ccccc2-c2ccc(-c3cccc(-c4ccc5ccc6ccc(-c7ccc(-c8ccc(-c9ccncc9)nn8)cc7)nc6c5n4)c3)cc21. The lowest BCUT2D eigenvalue weighted by Gasteiger charge is -2.22. The smallest absolute Gasteiger partial charge is 0.0972 e. The molecule has 0 saturated heterocycles. The lowest BCUT2D eigenvalue weighted by atomic mass is 9.81. The van der Waals surface area contributed by atoms with Crippen LogP contribution in [0.15, 0.2) is 164 Å². The molecule has 4 aromatic heterocycles. The molecule has 0 atom stereocenters. The van der Waals surface area contributed by atoms with Crippen molar-refractivity contribution in [2.75, 3.05) is 0 Å². The van der Waals surface area contributed by atoms with Crippen LogP contribution in [0.4, 0.5) is 0 Å². The topological polar surface area (TPSA) is 64.5 Å². The molecule has 0 bridgehead atoms. The molecular weight excluding hydrogens is 647 g/mol. The Morgan fingerprint density at radius 2 is 0.887 bits per heavy atom. The lowest BCUT2D eigenvalue weighted by Crippen LogP contribution is -2.14. The number of fused-ring (bicyclic) bond motifs is 6. The van der Waals surface area contributed by atoms with E-state index in [2.05, 4.69) is 156 Å². The van der Waals surface area contributed by atoms with Crippen LogP contribution in [0.2, 0.25) is 0 Å². The molecule has 0 amide bonds. The summed E-state index contributed by atoms with van der Waals surface area (Å²) in [6.07, 6.45) is 3.52. The lowest BCUT2D eigenvalue weighted by molar-refractivity contribution is 0.660. The average molecular weight is 680 g/mol. The molecule has 4 heterocycles. The standard InChI is InChI=1S/C48H33N5/c1-48(2)40-9-4-3-8-38(40)39-19-16-36(29-41(39)48)35-6-5-7-37(28-35)43-21-18-34-15-14-33-17-20-42(50-46(33)47(34)51-43)30-10-12-31(13-11-30)44-22-23-45(53-52-44)32-24-26-49-27-25-32/h3-29H,1-2H3. The summed E-state index contributed by atoms with van der Waals surface area (Å²) >= 11 is 0. The Hall–Kier alpha value is -6.85. The maximum absolute atomic E-state index is 5.25. The summed E-state index contributed by atoms with van der Waals surface area (Å²) in [5.41, 5.74) is 17.1. The zero-order valence-corrected chi connectivity index (χ0v) is 29.3. The van der Waals surface area contributed by atoms with Crippen molar-refractivity contribution in [3.8, 4) is 67.3 Å². The quantitative estimate of drug-likeness (QED) is 0.169. The van der Waals surface area contributed by atoms with Crippen LogP contribution in [-0.2, 0) is 5.41 Å². The number of hydrogen-bond donors (Lipinski definition) is 0. The third-order valence-corrected chi connectivity index (χ3v) is 10.7. The predicted molar refractivity (Wildman–Crippen MR) is 215 cm³/mol. The number of aromatic nitrogens is 5. The van der Waals surface area contributed by atoms with Crippen molar-refractivity contribution in [1.29, 1.82) is 0 Å².